The van der Waals surface area contributed by atoms with Crippen LogP contribution in [0.3, 0.4) is 0 Å². The molecule has 2 aliphatic rings. The van der Waals surface area contributed by atoms with Crippen LogP contribution in [0.25, 0.3) is 16.3 Å². The van der Waals surface area contributed by atoms with Gasteiger partial charge in [-0.1, -0.05) is 18.2 Å². The molecule has 0 spiro atoms. The number of hydrogen-bond acceptors (Lipinski definition) is 6. The Hall–Kier alpha value is -3.78. The molecule has 0 unspecified atom stereocenters. The van der Waals surface area contributed by atoms with Gasteiger partial charge in [0.2, 0.25) is 0 Å². The third-order valence-corrected chi connectivity index (χ3v) is 6.16. The highest BCUT2D eigenvalue weighted by Crippen LogP contribution is 2.26. The maximum atomic E-state index is 12.1. The van der Waals surface area contributed by atoms with E-state index in [2.05, 4.69) is 44.1 Å². The number of aliphatic imine (C=N–C) groups is 1. The van der Waals surface area contributed by atoms with Crippen LogP contribution in [0, 0.1) is 0 Å². The van der Waals surface area contributed by atoms with Crippen molar-refractivity contribution in [1.82, 2.24) is 24.7 Å². The fraction of sp³-hybridized carbons (Fsp3) is 0.308. The van der Waals surface area contributed by atoms with E-state index < -0.39 is 0 Å². The first-order chi connectivity index (χ1) is 16.5. The van der Waals surface area contributed by atoms with Gasteiger partial charge in [0.05, 0.1) is 6.54 Å². The fourth-order valence-corrected chi connectivity index (χ4v) is 4.25. The number of carbonyl (C=O) groups is 1. The lowest BCUT2D eigenvalue weighted by molar-refractivity contribution is 0.120. The zero-order chi connectivity index (χ0) is 23.5. The molecule has 174 valence electrons. The first kappa shape index (κ1) is 22.0. The summed E-state index contributed by atoms with van der Waals surface area (Å²) in [6.07, 6.45) is 7.32. The monoisotopic (exact) mass is 456 g/mol. The van der Waals surface area contributed by atoms with Gasteiger partial charge in [-0.15, -0.1) is 0 Å². The Labute approximate surface area is 199 Å². The van der Waals surface area contributed by atoms with E-state index in [9.17, 15) is 4.79 Å². The molecule has 8 heteroatoms. The Kier molecular flexibility index (Phi) is 6.22. The van der Waals surface area contributed by atoms with E-state index in [1.165, 1.54) is 5.56 Å². The molecular weight excluding hydrogens is 428 g/mol. The predicted octanol–water partition coefficient (Wildman–Crippen LogP) is 3.69. The van der Waals surface area contributed by atoms with Gasteiger partial charge in [0.1, 0.15) is 5.75 Å². The molecule has 2 aromatic carbocycles. The number of amides is 2. The van der Waals surface area contributed by atoms with Gasteiger partial charge in [-0.25, -0.2) is 14.8 Å². The van der Waals surface area contributed by atoms with Crippen LogP contribution in [0.2, 0.25) is 0 Å². The molecule has 0 saturated carbocycles. The lowest BCUT2D eigenvalue weighted by atomic mass is 10.1. The number of allylic oxidation sites excluding steroid dienone is 1. The van der Waals surface area contributed by atoms with E-state index in [-0.39, 0.29) is 6.03 Å². The molecule has 1 fully saturated rings. The summed E-state index contributed by atoms with van der Waals surface area (Å²) >= 11 is 0. The first-order valence-corrected chi connectivity index (χ1v) is 11.5. The number of carbonyl (C=O) groups excluding carboxylic acids is 1. The molecule has 0 aliphatic carbocycles. The molecule has 3 heterocycles. The van der Waals surface area contributed by atoms with Gasteiger partial charge in [-0.05, 0) is 46.2 Å². The standard InChI is InChI=1S/C26H28N6O2/c1-30(2)26(33)32-11-9-31(10-12-32)18-19-3-4-21-14-24(6-5-20(21)13-19)34-25-28-16-23(17-29-25)22-7-8-27-15-22/h3-8,13-14,16-17H,9-12,15,18H2,1-2H3. The maximum Gasteiger partial charge on any atom is 0.321 e. The van der Waals surface area contributed by atoms with Gasteiger partial charge in [-0.3, -0.25) is 9.89 Å². The number of hydrogen-bond donors (Lipinski definition) is 0. The maximum absolute atomic E-state index is 12.1. The Morgan fingerprint density at radius 3 is 2.44 bits per heavy atom. The summed E-state index contributed by atoms with van der Waals surface area (Å²) in [4.78, 5) is 31.0. The molecule has 0 radical (unpaired) electrons. The minimum absolute atomic E-state index is 0.0885. The van der Waals surface area contributed by atoms with Crippen LogP contribution in [-0.2, 0) is 6.54 Å². The van der Waals surface area contributed by atoms with Crippen molar-refractivity contribution >= 4 is 28.6 Å². The largest absolute Gasteiger partial charge is 0.424 e. The quantitative estimate of drug-likeness (QED) is 0.585. The van der Waals surface area contributed by atoms with Crippen molar-refractivity contribution in [3.05, 3.63) is 66.0 Å². The number of piperazine rings is 1. The number of urea groups is 1. The van der Waals surface area contributed by atoms with Crippen LogP contribution in [-0.4, -0.2) is 83.7 Å². The Balaban J connectivity index is 1.20. The lowest BCUT2D eigenvalue weighted by Gasteiger charge is -2.36. The van der Waals surface area contributed by atoms with Crippen molar-refractivity contribution in [2.45, 2.75) is 6.54 Å². The SMILES string of the molecule is CN(C)C(=O)N1CCN(Cc2ccc3cc(Oc4ncc(C5=CC=NC5)cn4)ccc3c2)CC1. The average Bonchev–Trinajstić information content (AvgIpc) is 3.40. The highest BCUT2D eigenvalue weighted by Gasteiger charge is 2.22. The van der Waals surface area contributed by atoms with E-state index in [4.69, 9.17) is 4.74 Å². The molecule has 2 amide bonds. The summed E-state index contributed by atoms with van der Waals surface area (Å²) in [7, 11) is 3.60. The van der Waals surface area contributed by atoms with Crippen LogP contribution in [0.4, 0.5) is 4.79 Å². The van der Waals surface area contributed by atoms with Crippen LogP contribution >= 0.6 is 0 Å². The highest BCUT2D eigenvalue weighted by atomic mass is 16.5. The van der Waals surface area contributed by atoms with Crippen LogP contribution in [0.1, 0.15) is 11.1 Å². The summed E-state index contributed by atoms with van der Waals surface area (Å²) in [5, 5.41) is 2.27. The molecular formula is C26H28N6O2. The van der Waals surface area contributed by atoms with Crippen LogP contribution < -0.4 is 4.74 Å². The van der Waals surface area contributed by atoms with E-state index in [0.717, 1.165) is 54.6 Å². The zero-order valence-electron chi connectivity index (χ0n) is 19.5. The molecule has 0 N–H and O–H groups in total. The van der Waals surface area contributed by atoms with Crippen LogP contribution in [0.15, 0.2) is 59.9 Å². The number of ether oxygens (including phenoxy) is 1. The normalized spacial score (nSPS) is 16.1. The van der Waals surface area contributed by atoms with Gasteiger partial charge < -0.3 is 14.5 Å². The van der Waals surface area contributed by atoms with Crippen molar-refractivity contribution in [3.63, 3.8) is 0 Å². The van der Waals surface area contributed by atoms with E-state index >= 15 is 0 Å². The summed E-state index contributed by atoms with van der Waals surface area (Å²) in [5.74, 6) is 0.707. The van der Waals surface area contributed by atoms with E-state index in [1.807, 2.05) is 23.1 Å². The van der Waals surface area contributed by atoms with Crippen molar-refractivity contribution in [1.29, 1.82) is 0 Å². The second kappa shape index (κ2) is 9.61. The number of rotatable bonds is 5. The summed E-state index contributed by atoms with van der Waals surface area (Å²) < 4.78 is 5.89. The molecule has 34 heavy (non-hydrogen) atoms. The smallest absolute Gasteiger partial charge is 0.321 e. The zero-order valence-corrected chi connectivity index (χ0v) is 19.5. The van der Waals surface area contributed by atoms with Crippen molar-refractivity contribution in [2.75, 3.05) is 46.8 Å². The minimum atomic E-state index is 0.0885. The molecule has 8 nitrogen and oxygen atoms in total. The second-order valence-electron chi connectivity index (χ2n) is 8.82. The fourth-order valence-electron chi connectivity index (χ4n) is 4.25. The van der Waals surface area contributed by atoms with E-state index in [0.29, 0.717) is 18.3 Å². The summed E-state index contributed by atoms with van der Waals surface area (Å²) in [5.41, 5.74) is 3.33. The van der Waals surface area contributed by atoms with Gasteiger partial charge in [0, 0.05) is 71.0 Å². The predicted molar refractivity (Wildman–Crippen MR) is 133 cm³/mol. The first-order valence-electron chi connectivity index (χ1n) is 11.5. The number of aromatic nitrogens is 2. The van der Waals surface area contributed by atoms with Gasteiger partial charge in [0.15, 0.2) is 0 Å². The molecule has 5 rings (SSSR count). The summed E-state index contributed by atoms with van der Waals surface area (Å²) in [6, 6.07) is 12.9. The molecule has 3 aromatic rings. The average molecular weight is 457 g/mol. The third kappa shape index (κ3) is 4.92. The van der Waals surface area contributed by atoms with Crippen molar-refractivity contribution < 1.29 is 9.53 Å². The molecule has 1 saturated heterocycles. The van der Waals surface area contributed by atoms with Crippen molar-refractivity contribution in [3.8, 4) is 11.8 Å². The van der Waals surface area contributed by atoms with Gasteiger partial charge in [0.25, 0.3) is 0 Å². The second-order valence-corrected chi connectivity index (χ2v) is 8.82. The highest BCUT2D eigenvalue weighted by molar-refractivity contribution is 5.89. The Morgan fingerprint density at radius 2 is 1.74 bits per heavy atom. The summed E-state index contributed by atoms with van der Waals surface area (Å²) in [6.45, 7) is 4.84. The molecule has 0 bridgehead atoms. The minimum Gasteiger partial charge on any atom is -0.424 e. The molecule has 0 atom stereocenters. The Bertz CT molecular complexity index is 1240. The number of benzene rings is 2. The third-order valence-electron chi connectivity index (χ3n) is 6.16. The molecule has 2 aliphatic heterocycles. The van der Waals surface area contributed by atoms with Crippen molar-refractivity contribution in [2.24, 2.45) is 4.99 Å². The number of nitrogens with zero attached hydrogens (tertiary/aromatic N) is 6. The Morgan fingerprint density at radius 1 is 1.00 bits per heavy atom. The topological polar surface area (TPSA) is 74.2 Å². The lowest BCUT2D eigenvalue weighted by Crippen LogP contribution is -2.51. The van der Waals surface area contributed by atoms with Crippen LogP contribution in [0.5, 0.6) is 11.8 Å². The number of fused-ring (bicyclic) bond motifs is 1. The molecule has 1 aromatic heterocycles. The van der Waals surface area contributed by atoms with E-state index in [1.54, 1.807) is 37.6 Å². The van der Waals surface area contributed by atoms with Gasteiger partial charge >= 0.3 is 12.0 Å². The van der Waals surface area contributed by atoms with Gasteiger partial charge in [-0.2, -0.15) is 0 Å².